The molecule has 2 N–H and O–H groups in total. The van der Waals surface area contributed by atoms with Crippen molar-refractivity contribution in [3.8, 4) is 11.5 Å². The number of hydrogen-bond donors (Lipinski definition) is 1. The average Bonchev–Trinajstić information content (AvgIpc) is 2.70. The maximum atomic E-state index is 5.69. The number of benzene rings is 1. The van der Waals surface area contributed by atoms with Crippen LogP contribution in [0.3, 0.4) is 0 Å². The van der Waals surface area contributed by atoms with Crippen molar-refractivity contribution in [1.29, 1.82) is 0 Å². The summed E-state index contributed by atoms with van der Waals surface area (Å²) in [7, 11) is 0. The molecule has 0 radical (unpaired) electrons. The van der Waals surface area contributed by atoms with E-state index in [4.69, 9.17) is 15.2 Å². The van der Waals surface area contributed by atoms with Crippen molar-refractivity contribution in [2.45, 2.75) is 17.1 Å². The minimum Gasteiger partial charge on any atom is -0.490 e. The van der Waals surface area contributed by atoms with Crippen molar-refractivity contribution in [1.82, 2.24) is 4.98 Å². The van der Waals surface area contributed by atoms with Crippen molar-refractivity contribution in [2.75, 3.05) is 18.9 Å². The normalized spacial score (nSPS) is 13.8. The quantitative estimate of drug-likeness (QED) is 0.879. The summed E-state index contributed by atoms with van der Waals surface area (Å²) in [5.41, 5.74) is 6.84. The monoisotopic (exact) mass is 288 g/mol. The maximum Gasteiger partial charge on any atom is 0.162 e. The van der Waals surface area contributed by atoms with E-state index < -0.39 is 0 Å². The second-order valence-electron chi connectivity index (χ2n) is 4.54. The molecule has 20 heavy (non-hydrogen) atoms. The van der Waals surface area contributed by atoms with Crippen molar-refractivity contribution < 1.29 is 9.47 Å². The Kier molecular flexibility index (Phi) is 3.97. The van der Waals surface area contributed by atoms with E-state index in [0.717, 1.165) is 40.7 Å². The molecule has 0 spiro atoms. The lowest BCUT2D eigenvalue weighted by Gasteiger charge is -2.09. The van der Waals surface area contributed by atoms with Crippen LogP contribution in [0.15, 0.2) is 41.4 Å². The lowest BCUT2D eigenvalue weighted by Crippen LogP contribution is -1.97. The number of anilines is 1. The van der Waals surface area contributed by atoms with Gasteiger partial charge in [-0.25, -0.2) is 4.98 Å². The van der Waals surface area contributed by atoms with Crippen LogP contribution in [0.2, 0.25) is 0 Å². The molecule has 3 rings (SSSR count). The van der Waals surface area contributed by atoms with E-state index in [9.17, 15) is 0 Å². The number of nitrogen functional groups attached to an aromatic ring is 1. The number of rotatable bonds is 3. The molecule has 0 atom stereocenters. The highest BCUT2D eigenvalue weighted by Crippen LogP contribution is 2.34. The second kappa shape index (κ2) is 6.05. The Morgan fingerprint density at radius 1 is 1.10 bits per heavy atom. The lowest BCUT2D eigenvalue weighted by atomic mass is 10.3. The van der Waals surface area contributed by atoms with Gasteiger partial charge in [-0.3, -0.25) is 0 Å². The van der Waals surface area contributed by atoms with Gasteiger partial charge in [0, 0.05) is 23.3 Å². The first kappa shape index (κ1) is 13.1. The zero-order chi connectivity index (χ0) is 13.8. The van der Waals surface area contributed by atoms with Crippen LogP contribution in [0.25, 0.3) is 0 Å². The first-order valence-electron chi connectivity index (χ1n) is 6.54. The summed E-state index contributed by atoms with van der Waals surface area (Å²) in [5.74, 6) is 3.08. The second-order valence-corrected chi connectivity index (χ2v) is 5.59. The molecule has 1 aliphatic heterocycles. The van der Waals surface area contributed by atoms with Gasteiger partial charge in [-0.15, -0.1) is 11.8 Å². The molecule has 0 fully saturated rings. The van der Waals surface area contributed by atoms with Crippen molar-refractivity contribution in [3.63, 3.8) is 0 Å². The summed E-state index contributed by atoms with van der Waals surface area (Å²) in [5, 5.41) is 0. The van der Waals surface area contributed by atoms with Crippen LogP contribution in [0, 0.1) is 0 Å². The Hall–Kier alpha value is -1.88. The van der Waals surface area contributed by atoms with Crippen LogP contribution in [-0.4, -0.2) is 18.2 Å². The molecule has 1 aromatic heterocycles. The van der Waals surface area contributed by atoms with Crippen molar-refractivity contribution in [2.24, 2.45) is 0 Å². The molecule has 4 nitrogen and oxygen atoms in total. The summed E-state index contributed by atoms with van der Waals surface area (Å²) in [4.78, 5) is 5.15. The minimum atomic E-state index is 0.557. The zero-order valence-electron chi connectivity index (χ0n) is 11.0. The van der Waals surface area contributed by atoms with Crippen LogP contribution >= 0.6 is 11.8 Å². The number of ether oxygens (including phenoxy) is 2. The largest absolute Gasteiger partial charge is 0.490 e. The molecule has 0 saturated heterocycles. The van der Waals surface area contributed by atoms with E-state index in [1.807, 2.05) is 24.3 Å². The van der Waals surface area contributed by atoms with E-state index >= 15 is 0 Å². The highest BCUT2D eigenvalue weighted by Gasteiger charge is 2.10. The van der Waals surface area contributed by atoms with Gasteiger partial charge in [0.25, 0.3) is 0 Å². The number of fused-ring (bicyclic) bond motifs is 1. The minimum absolute atomic E-state index is 0.557. The summed E-state index contributed by atoms with van der Waals surface area (Å²) in [6.07, 6.45) is 2.66. The van der Waals surface area contributed by atoms with Gasteiger partial charge in [-0.05, 0) is 35.9 Å². The van der Waals surface area contributed by atoms with Gasteiger partial charge in [-0.1, -0.05) is 0 Å². The summed E-state index contributed by atoms with van der Waals surface area (Å²) < 4.78 is 11.3. The van der Waals surface area contributed by atoms with E-state index in [0.29, 0.717) is 12.4 Å². The predicted molar refractivity (Wildman–Crippen MR) is 80.3 cm³/mol. The number of thioether (sulfide) groups is 1. The Morgan fingerprint density at radius 3 is 2.80 bits per heavy atom. The highest BCUT2D eigenvalue weighted by molar-refractivity contribution is 7.98. The Morgan fingerprint density at radius 2 is 1.95 bits per heavy atom. The SMILES string of the molecule is Nc1cc(CSc2ccc3c(c2)OCCCO3)ccn1. The molecule has 1 aliphatic rings. The predicted octanol–water partition coefficient (Wildman–Crippen LogP) is 3.12. The van der Waals surface area contributed by atoms with E-state index in [-0.39, 0.29) is 0 Å². The fraction of sp³-hybridized carbons (Fsp3) is 0.267. The molecule has 0 bridgehead atoms. The summed E-state index contributed by atoms with van der Waals surface area (Å²) in [6.45, 7) is 1.43. The first-order chi connectivity index (χ1) is 9.81. The molecule has 5 heteroatoms. The Balaban J connectivity index is 1.70. The molecule has 0 amide bonds. The number of nitrogens with zero attached hydrogens (tertiary/aromatic N) is 1. The topological polar surface area (TPSA) is 57.4 Å². The van der Waals surface area contributed by atoms with Crippen molar-refractivity contribution in [3.05, 3.63) is 42.1 Å². The van der Waals surface area contributed by atoms with Gasteiger partial charge in [0.05, 0.1) is 13.2 Å². The van der Waals surface area contributed by atoms with Crippen LogP contribution in [0.5, 0.6) is 11.5 Å². The highest BCUT2D eigenvalue weighted by atomic mass is 32.2. The van der Waals surface area contributed by atoms with Crippen LogP contribution in [0.1, 0.15) is 12.0 Å². The molecular weight excluding hydrogens is 272 g/mol. The van der Waals surface area contributed by atoms with Crippen LogP contribution in [-0.2, 0) is 5.75 Å². The van der Waals surface area contributed by atoms with Crippen LogP contribution in [0.4, 0.5) is 5.82 Å². The van der Waals surface area contributed by atoms with Crippen LogP contribution < -0.4 is 15.2 Å². The zero-order valence-corrected chi connectivity index (χ0v) is 11.9. The van der Waals surface area contributed by atoms with Crippen molar-refractivity contribution >= 4 is 17.6 Å². The fourth-order valence-corrected chi connectivity index (χ4v) is 2.85. The van der Waals surface area contributed by atoms with Gasteiger partial charge in [-0.2, -0.15) is 0 Å². The van der Waals surface area contributed by atoms with Gasteiger partial charge >= 0.3 is 0 Å². The van der Waals surface area contributed by atoms with E-state index in [1.165, 1.54) is 0 Å². The Bertz CT molecular complexity index is 604. The molecule has 0 saturated carbocycles. The van der Waals surface area contributed by atoms with E-state index in [1.54, 1.807) is 18.0 Å². The molecule has 0 aliphatic carbocycles. The smallest absolute Gasteiger partial charge is 0.162 e. The number of aromatic nitrogens is 1. The molecular formula is C15H16N2O2S. The maximum absolute atomic E-state index is 5.69. The number of pyridine rings is 1. The van der Waals surface area contributed by atoms with E-state index in [2.05, 4.69) is 11.1 Å². The molecule has 1 aromatic carbocycles. The average molecular weight is 288 g/mol. The molecule has 0 unspecified atom stereocenters. The number of nitrogens with two attached hydrogens (primary N) is 1. The molecule has 104 valence electrons. The summed E-state index contributed by atoms with van der Waals surface area (Å²) in [6, 6.07) is 9.95. The first-order valence-corrected chi connectivity index (χ1v) is 7.53. The molecule has 2 aromatic rings. The van der Waals surface area contributed by atoms with Gasteiger partial charge in [0.2, 0.25) is 0 Å². The van der Waals surface area contributed by atoms with Gasteiger partial charge in [0.1, 0.15) is 5.82 Å². The van der Waals surface area contributed by atoms with Gasteiger partial charge < -0.3 is 15.2 Å². The fourth-order valence-electron chi connectivity index (χ4n) is 1.98. The Labute approximate surface area is 122 Å². The third kappa shape index (κ3) is 3.17. The summed E-state index contributed by atoms with van der Waals surface area (Å²) >= 11 is 1.74. The third-order valence-electron chi connectivity index (χ3n) is 2.97. The molecule has 2 heterocycles. The third-order valence-corrected chi connectivity index (χ3v) is 4.03. The lowest BCUT2D eigenvalue weighted by molar-refractivity contribution is 0.297. The standard InChI is InChI=1S/C15H16N2O2S/c16-15-8-11(4-5-17-15)10-20-12-2-3-13-14(9-12)19-7-1-6-18-13/h2-5,8-9H,1,6-7,10H2,(H2,16,17). The number of hydrogen-bond acceptors (Lipinski definition) is 5. The van der Waals surface area contributed by atoms with Gasteiger partial charge in [0.15, 0.2) is 11.5 Å².